The standard InChI is InChI=1S/C6H8O7.Bi.3K.H3N.3H2O.6H/c7-3(8)1-6(13,5(11)12)2-4(9)10;;;;;;;;;;;;;;/h13H,1-2H2,(H,7,8)(H,9,10)(H,11,12);;;;;1H3;3*1H2;;;;;;. The Morgan fingerprint density at radius 1 is 0.762 bits per heavy atom. The van der Waals surface area contributed by atoms with E-state index in [1.807, 2.05) is 0 Å². The number of aliphatic hydroxyl groups is 1. The Hall–Kier alpha value is 4.00. The molecule has 0 rings (SSSR count). The molecule has 0 saturated heterocycles. The van der Waals surface area contributed by atoms with Crippen LogP contribution in [0.25, 0.3) is 0 Å². The molecular weight excluding hydrogens is 572 g/mol. The molecule has 0 radical (unpaired) electrons. The van der Waals surface area contributed by atoms with Gasteiger partial charge in [-0.1, -0.05) is 0 Å². The minimum atomic E-state index is -2.74. The zero-order valence-electron chi connectivity index (χ0n) is 9.34. The molecule has 0 aliphatic rings. The summed E-state index contributed by atoms with van der Waals surface area (Å²) in [6.07, 6.45) is -2.29. The summed E-state index contributed by atoms with van der Waals surface area (Å²) >= 11 is 0. The molecule has 120 valence electrons. The molecule has 0 amide bonds. The van der Waals surface area contributed by atoms with Crippen LogP contribution in [0.15, 0.2) is 0 Å². The minimum absolute atomic E-state index is 0. The third-order valence-electron chi connectivity index (χ3n) is 1.29. The van der Waals surface area contributed by atoms with E-state index in [2.05, 4.69) is 0 Å². The number of carboxylic acid groups (broad SMARTS) is 3. The Morgan fingerprint density at radius 3 is 1.05 bits per heavy atom. The van der Waals surface area contributed by atoms with E-state index in [1.54, 1.807) is 0 Å². The third-order valence-corrected chi connectivity index (χ3v) is 1.29. The quantitative estimate of drug-likeness (QED) is 0.190. The van der Waals surface area contributed by atoms with E-state index >= 15 is 0 Å². The number of rotatable bonds is 5. The molecule has 0 aliphatic heterocycles. The number of aliphatic carboxylic acids is 3. The van der Waals surface area contributed by atoms with Gasteiger partial charge in [0.25, 0.3) is 0 Å². The Bertz CT molecular complexity index is 253. The molecule has 0 saturated carbocycles. The van der Waals surface area contributed by atoms with Crippen molar-refractivity contribution in [2.75, 3.05) is 0 Å². The monoisotopic (exact) mass is 595 g/mol. The van der Waals surface area contributed by atoms with Gasteiger partial charge >= 0.3 is 198 Å². The van der Waals surface area contributed by atoms with Crippen molar-refractivity contribution in [3.05, 3.63) is 0 Å². The molecule has 11 nitrogen and oxygen atoms in total. The van der Waals surface area contributed by atoms with Gasteiger partial charge in [0.1, 0.15) is 0 Å². The summed E-state index contributed by atoms with van der Waals surface area (Å²) in [6, 6.07) is 0. The Kier molecular flexibility index (Phi) is 77.1. The SMILES string of the molecule is N.O.O.O.O=C(O)CC(O)(CC(=O)O)C(=O)O.[BiH3].[KH].[KH].[KH]. The van der Waals surface area contributed by atoms with Gasteiger partial charge in [-0.2, -0.15) is 0 Å². The van der Waals surface area contributed by atoms with Gasteiger partial charge in [0.05, 0.1) is 12.8 Å². The first kappa shape index (κ1) is 56.2. The Labute approximate surface area is 267 Å². The zero-order chi connectivity index (χ0) is 10.6. The predicted molar refractivity (Wildman–Crippen MR) is 84.3 cm³/mol. The molecule has 15 heteroatoms. The van der Waals surface area contributed by atoms with Crippen LogP contribution >= 0.6 is 0 Å². The molecule has 0 atom stereocenters. The van der Waals surface area contributed by atoms with Crippen LogP contribution < -0.4 is 6.15 Å². The van der Waals surface area contributed by atoms with E-state index in [-0.39, 0.29) is 203 Å². The molecule has 0 unspecified atom stereocenters. The number of carboxylic acids is 3. The second kappa shape index (κ2) is 28.8. The fourth-order valence-electron chi connectivity index (χ4n) is 0.714. The van der Waals surface area contributed by atoms with Gasteiger partial charge in [0.15, 0.2) is 5.60 Å². The Balaban J connectivity index is -0.0000000257. The number of hydrogen-bond donors (Lipinski definition) is 5. The van der Waals surface area contributed by atoms with Gasteiger partial charge in [0, 0.05) is 0 Å². The van der Waals surface area contributed by atoms with Crippen molar-refractivity contribution in [2.24, 2.45) is 0 Å². The molecule has 0 bridgehead atoms. The van der Waals surface area contributed by atoms with Crippen LogP contribution in [-0.4, -0.2) is 241 Å². The van der Waals surface area contributed by atoms with Crippen LogP contribution in [0.5, 0.6) is 0 Å². The van der Waals surface area contributed by atoms with E-state index in [4.69, 9.17) is 20.4 Å². The van der Waals surface area contributed by atoms with Crippen LogP contribution in [0.4, 0.5) is 0 Å². The van der Waals surface area contributed by atoms with Crippen LogP contribution in [0.3, 0.4) is 0 Å². The summed E-state index contributed by atoms with van der Waals surface area (Å²) in [5, 5.41) is 33.8. The first-order chi connectivity index (χ1) is 5.78. The molecule has 13 N–H and O–H groups in total. The van der Waals surface area contributed by atoms with E-state index in [1.165, 1.54) is 0 Å². The normalized spacial score (nSPS) is 6.71. The number of carbonyl (C=O) groups is 3. The zero-order valence-corrected chi connectivity index (χ0v) is 14.8. The predicted octanol–water partition coefficient (Wildman–Crippen LogP) is -6.69. The summed E-state index contributed by atoms with van der Waals surface area (Å²) in [4.78, 5) is 30.5. The van der Waals surface area contributed by atoms with Gasteiger partial charge in [-0.25, -0.2) is 4.79 Å². The van der Waals surface area contributed by atoms with Crippen LogP contribution in [-0.2, 0) is 14.4 Å². The topological polar surface area (TPSA) is 262 Å². The van der Waals surface area contributed by atoms with Crippen molar-refractivity contribution < 1.29 is 51.2 Å². The first-order valence-electron chi connectivity index (χ1n) is 3.17. The molecule has 0 aromatic rings. The summed E-state index contributed by atoms with van der Waals surface area (Å²) in [5.74, 6) is -5.02. The van der Waals surface area contributed by atoms with Gasteiger partial charge in [-0.05, 0) is 0 Å². The molecule has 0 aromatic carbocycles. The van der Waals surface area contributed by atoms with Crippen molar-refractivity contribution in [1.29, 1.82) is 0 Å². The fraction of sp³-hybridized carbons (Fsp3) is 0.500. The van der Waals surface area contributed by atoms with Crippen molar-refractivity contribution in [2.45, 2.75) is 18.4 Å². The van der Waals surface area contributed by atoms with Crippen molar-refractivity contribution in [3.63, 3.8) is 0 Å². The van der Waals surface area contributed by atoms with Crippen LogP contribution in [0.1, 0.15) is 12.8 Å². The molecule has 0 spiro atoms. The van der Waals surface area contributed by atoms with E-state index in [9.17, 15) is 14.4 Å². The number of hydrogen-bond acceptors (Lipinski definition) is 5. The van der Waals surface area contributed by atoms with Crippen LogP contribution in [0.2, 0.25) is 0 Å². The molecule has 0 aromatic heterocycles. The summed E-state index contributed by atoms with van der Waals surface area (Å²) in [6.45, 7) is 0. The summed E-state index contributed by atoms with van der Waals surface area (Å²) in [5.41, 5.74) is -2.74. The van der Waals surface area contributed by atoms with E-state index in [0.717, 1.165) is 0 Å². The molecular formula is C6H23BiK3NO10. The maximum absolute atomic E-state index is 10.3. The average Bonchev–Trinajstić information content (AvgIpc) is 1.82. The second-order valence-corrected chi connectivity index (χ2v) is 2.48. The van der Waals surface area contributed by atoms with Gasteiger partial charge in [0.2, 0.25) is 0 Å². The fourth-order valence-corrected chi connectivity index (χ4v) is 0.714. The van der Waals surface area contributed by atoms with E-state index in [0.29, 0.717) is 0 Å². The summed E-state index contributed by atoms with van der Waals surface area (Å²) in [7, 11) is 0. The second-order valence-electron chi connectivity index (χ2n) is 2.48. The molecule has 0 aliphatic carbocycles. The van der Waals surface area contributed by atoms with Crippen molar-refractivity contribution in [1.82, 2.24) is 6.15 Å². The molecule has 21 heavy (non-hydrogen) atoms. The molecule has 0 heterocycles. The maximum atomic E-state index is 10.3. The van der Waals surface area contributed by atoms with Gasteiger partial charge in [-0.3, -0.25) is 9.59 Å². The van der Waals surface area contributed by atoms with Crippen molar-refractivity contribution >= 4 is 198 Å². The third kappa shape index (κ3) is 29.0. The molecule has 0 fully saturated rings. The first-order valence-corrected chi connectivity index (χ1v) is 3.17. The van der Waals surface area contributed by atoms with Gasteiger partial charge in [-0.15, -0.1) is 0 Å². The van der Waals surface area contributed by atoms with Gasteiger partial charge < -0.3 is 43.0 Å². The summed E-state index contributed by atoms with van der Waals surface area (Å²) < 4.78 is 0. The van der Waals surface area contributed by atoms with E-state index < -0.39 is 36.4 Å². The average molecular weight is 596 g/mol. The van der Waals surface area contributed by atoms with Crippen molar-refractivity contribution in [3.8, 4) is 0 Å². The van der Waals surface area contributed by atoms with Crippen LogP contribution in [0, 0.1) is 0 Å². The Morgan fingerprint density at radius 2 is 0.952 bits per heavy atom.